The molecule has 0 N–H and O–H groups in total. The number of hydrogen-bond acceptors (Lipinski definition) is 1. The van der Waals surface area contributed by atoms with Crippen LogP contribution in [0.1, 0.15) is 88.2 Å². The summed E-state index contributed by atoms with van der Waals surface area (Å²) in [5, 5.41) is 8.92. The largest absolute Gasteiger partial charge is 0.192 e. The van der Waals surface area contributed by atoms with E-state index in [9.17, 15) is 0 Å². The van der Waals surface area contributed by atoms with Crippen molar-refractivity contribution >= 4 is 0 Å². The van der Waals surface area contributed by atoms with Crippen molar-refractivity contribution in [1.29, 1.82) is 5.26 Å². The van der Waals surface area contributed by atoms with Crippen LogP contribution in [0.2, 0.25) is 0 Å². The van der Waals surface area contributed by atoms with Gasteiger partial charge in [0.15, 0.2) is 0 Å². The van der Waals surface area contributed by atoms with Gasteiger partial charge in [-0.25, -0.2) is 0 Å². The Balaban J connectivity index is 1.40. The van der Waals surface area contributed by atoms with Gasteiger partial charge in [-0.3, -0.25) is 0 Å². The molecule has 1 aromatic rings. The molecule has 0 bridgehead atoms. The third-order valence-electron chi connectivity index (χ3n) is 6.57. The van der Waals surface area contributed by atoms with Crippen LogP contribution in [0.15, 0.2) is 36.4 Å². The molecule has 2 fully saturated rings. The normalized spacial score (nSPS) is 28.3. The van der Waals surface area contributed by atoms with Gasteiger partial charge in [-0.05, 0) is 92.9 Å². The second-order valence-corrected chi connectivity index (χ2v) is 8.50. The number of rotatable bonds is 4. The van der Waals surface area contributed by atoms with E-state index in [1.807, 2.05) is 12.1 Å². The van der Waals surface area contributed by atoms with E-state index in [-0.39, 0.29) is 0 Å². The van der Waals surface area contributed by atoms with E-state index in [2.05, 4.69) is 49.1 Å². The maximum Gasteiger partial charge on any atom is 0.0991 e. The third-order valence-corrected chi connectivity index (χ3v) is 6.57. The van der Waals surface area contributed by atoms with Crippen LogP contribution in [0.3, 0.4) is 0 Å². The third kappa shape index (κ3) is 6.01. The lowest BCUT2D eigenvalue weighted by Gasteiger charge is -2.26. The Morgan fingerprint density at radius 1 is 0.963 bits per heavy atom. The smallest absolute Gasteiger partial charge is 0.0991 e. The Kier molecular flexibility index (Phi) is 7.59. The summed E-state index contributed by atoms with van der Waals surface area (Å²) in [7, 11) is 0. The standard InChI is InChI=1S/C26H33N/c1-2-5-21-8-10-22(11-9-21)6-3-4-7-23-12-16-25(17-13-23)26-18-14-24(20-27)15-19-26/h3,6,14-15,18-19,21-23,25H,2,5,8-13,16-17H2,1H3/b6-3+. The quantitative estimate of drug-likeness (QED) is 0.531. The van der Waals surface area contributed by atoms with Crippen LogP contribution >= 0.6 is 0 Å². The molecule has 0 atom stereocenters. The van der Waals surface area contributed by atoms with Crippen molar-refractivity contribution in [3.63, 3.8) is 0 Å². The molecule has 0 heterocycles. The van der Waals surface area contributed by atoms with E-state index < -0.39 is 0 Å². The number of nitriles is 1. The van der Waals surface area contributed by atoms with Gasteiger partial charge < -0.3 is 0 Å². The van der Waals surface area contributed by atoms with Crippen LogP contribution in [0, 0.1) is 40.9 Å². The second kappa shape index (κ2) is 10.4. The molecular weight excluding hydrogens is 326 g/mol. The molecule has 1 heteroatoms. The van der Waals surface area contributed by atoms with Crippen LogP contribution in [-0.2, 0) is 0 Å². The molecule has 2 saturated carbocycles. The van der Waals surface area contributed by atoms with Crippen molar-refractivity contribution in [3.05, 3.63) is 47.5 Å². The predicted molar refractivity (Wildman–Crippen MR) is 113 cm³/mol. The van der Waals surface area contributed by atoms with Gasteiger partial charge in [0.2, 0.25) is 0 Å². The summed E-state index contributed by atoms with van der Waals surface area (Å²) in [6.45, 7) is 2.30. The molecule has 0 unspecified atom stereocenters. The Bertz CT molecular complexity index is 693. The number of nitrogens with zero attached hydrogens (tertiary/aromatic N) is 1. The minimum absolute atomic E-state index is 0.560. The van der Waals surface area contributed by atoms with Gasteiger partial charge in [0.05, 0.1) is 11.6 Å². The summed E-state index contributed by atoms with van der Waals surface area (Å²) in [6, 6.07) is 10.4. The van der Waals surface area contributed by atoms with Crippen LogP contribution < -0.4 is 0 Å². The van der Waals surface area contributed by atoms with Crippen LogP contribution in [0.4, 0.5) is 0 Å². The summed E-state index contributed by atoms with van der Waals surface area (Å²) in [5.41, 5.74) is 2.14. The summed E-state index contributed by atoms with van der Waals surface area (Å²) >= 11 is 0. The molecule has 0 spiro atoms. The molecule has 1 aromatic carbocycles. The first kappa shape index (κ1) is 19.8. The Labute approximate surface area is 165 Å². The lowest BCUT2D eigenvalue weighted by atomic mass is 9.79. The summed E-state index contributed by atoms with van der Waals surface area (Å²) in [5.74, 6) is 9.79. The SMILES string of the molecule is CCCC1CCC(/C=C/C#CC2CCC(c3ccc(C#N)cc3)CC2)CC1. The monoisotopic (exact) mass is 359 g/mol. The van der Waals surface area contributed by atoms with Gasteiger partial charge in [0, 0.05) is 5.92 Å². The predicted octanol–water partition coefficient (Wildman–Crippen LogP) is 7.00. The van der Waals surface area contributed by atoms with Crippen LogP contribution in [-0.4, -0.2) is 0 Å². The molecule has 2 aliphatic carbocycles. The van der Waals surface area contributed by atoms with Gasteiger partial charge >= 0.3 is 0 Å². The second-order valence-electron chi connectivity index (χ2n) is 8.50. The maximum absolute atomic E-state index is 8.92. The van der Waals surface area contributed by atoms with Gasteiger partial charge in [-0.15, -0.1) is 0 Å². The van der Waals surface area contributed by atoms with E-state index in [1.165, 1.54) is 69.8 Å². The molecule has 0 aromatic heterocycles. The van der Waals surface area contributed by atoms with Crippen molar-refractivity contribution in [2.75, 3.05) is 0 Å². The highest BCUT2D eigenvalue weighted by atomic mass is 14.3. The zero-order chi connectivity index (χ0) is 18.9. The zero-order valence-electron chi connectivity index (χ0n) is 16.8. The Hall–Kier alpha value is -1.99. The Morgan fingerprint density at radius 3 is 2.30 bits per heavy atom. The minimum atomic E-state index is 0.560. The van der Waals surface area contributed by atoms with Crippen molar-refractivity contribution in [3.8, 4) is 17.9 Å². The number of benzene rings is 1. The van der Waals surface area contributed by atoms with Gasteiger partial charge in [0.25, 0.3) is 0 Å². The van der Waals surface area contributed by atoms with Crippen molar-refractivity contribution in [2.45, 2.75) is 77.0 Å². The highest BCUT2D eigenvalue weighted by Gasteiger charge is 2.21. The minimum Gasteiger partial charge on any atom is -0.192 e. The molecule has 0 aliphatic heterocycles. The molecule has 27 heavy (non-hydrogen) atoms. The first-order valence-electron chi connectivity index (χ1n) is 11.0. The average molecular weight is 360 g/mol. The van der Waals surface area contributed by atoms with Gasteiger partial charge in [0.1, 0.15) is 0 Å². The molecule has 0 saturated heterocycles. The molecule has 1 nitrogen and oxygen atoms in total. The fourth-order valence-corrected chi connectivity index (χ4v) is 4.83. The average Bonchev–Trinajstić information content (AvgIpc) is 2.73. The van der Waals surface area contributed by atoms with Crippen LogP contribution in [0.25, 0.3) is 0 Å². The summed E-state index contributed by atoms with van der Waals surface area (Å²) in [6.07, 6.45) is 17.6. The van der Waals surface area contributed by atoms with E-state index in [0.717, 1.165) is 17.4 Å². The summed E-state index contributed by atoms with van der Waals surface area (Å²) < 4.78 is 0. The first-order chi connectivity index (χ1) is 13.3. The topological polar surface area (TPSA) is 23.8 Å². The van der Waals surface area contributed by atoms with Crippen LogP contribution in [0.5, 0.6) is 0 Å². The van der Waals surface area contributed by atoms with E-state index in [0.29, 0.717) is 11.8 Å². The molecule has 0 amide bonds. The number of hydrogen-bond donors (Lipinski definition) is 0. The number of allylic oxidation sites excluding steroid dienone is 2. The van der Waals surface area contributed by atoms with E-state index >= 15 is 0 Å². The van der Waals surface area contributed by atoms with E-state index in [1.54, 1.807) is 0 Å². The van der Waals surface area contributed by atoms with Gasteiger partial charge in [-0.2, -0.15) is 5.26 Å². The highest BCUT2D eigenvalue weighted by Crippen LogP contribution is 2.35. The lowest BCUT2D eigenvalue weighted by Crippen LogP contribution is -2.12. The molecule has 0 radical (unpaired) electrons. The van der Waals surface area contributed by atoms with E-state index in [4.69, 9.17) is 5.26 Å². The molecular formula is C26H33N. The molecule has 2 aliphatic rings. The Morgan fingerprint density at radius 2 is 1.67 bits per heavy atom. The molecule has 3 rings (SSSR count). The van der Waals surface area contributed by atoms with Gasteiger partial charge in [-0.1, -0.05) is 49.8 Å². The van der Waals surface area contributed by atoms with Crippen molar-refractivity contribution < 1.29 is 0 Å². The van der Waals surface area contributed by atoms with Crippen molar-refractivity contribution in [2.24, 2.45) is 17.8 Å². The summed E-state index contributed by atoms with van der Waals surface area (Å²) in [4.78, 5) is 0. The fourth-order valence-electron chi connectivity index (χ4n) is 4.83. The lowest BCUT2D eigenvalue weighted by molar-refractivity contribution is 0.294. The van der Waals surface area contributed by atoms with Crippen molar-refractivity contribution in [1.82, 2.24) is 0 Å². The molecule has 142 valence electrons. The first-order valence-corrected chi connectivity index (χ1v) is 11.0. The highest BCUT2D eigenvalue weighted by molar-refractivity contribution is 5.33. The maximum atomic E-state index is 8.92. The zero-order valence-corrected chi connectivity index (χ0v) is 16.8. The fraction of sp³-hybridized carbons (Fsp3) is 0.577.